The number of carbonyl (C=O) groups is 1. The fourth-order valence-electron chi connectivity index (χ4n) is 3.16. The van der Waals surface area contributed by atoms with Crippen molar-refractivity contribution in [3.8, 4) is 0 Å². The third-order valence-corrected chi connectivity index (χ3v) is 5.60. The second-order valence-electron chi connectivity index (χ2n) is 6.25. The number of hydrogen-bond acceptors (Lipinski definition) is 4. The maximum atomic E-state index is 12.3. The first-order valence-electron chi connectivity index (χ1n) is 9.31. The maximum absolute atomic E-state index is 12.3. The summed E-state index contributed by atoms with van der Waals surface area (Å²) in [4.78, 5) is 19.2. The van der Waals surface area contributed by atoms with E-state index in [0.29, 0.717) is 6.54 Å². The van der Waals surface area contributed by atoms with Gasteiger partial charge in [0.2, 0.25) is 5.91 Å². The summed E-state index contributed by atoms with van der Waals surface area (Å²) < 4.78 is 1.13. The van der Waals surface area contributed by atoms with Crippen molar-refractivity contribution in [3.63, 3.8) is 0 Å². The number of nitrogens with one attached hydrogen (secondary N) is 1. The number of carbonyl (C=O) groups excluding carboxylic acids is 1. The molecule has 0 bridgehead atoms. The molecule has 1 atom stereocenters. The van der Waals surface area contributed by atoms with Gasteiger partial charge in [-0.25, -0.2) is 4.98 Å². The fraction of sp³-hybridized carbons (Fsp3) is 0.273. The van der Waals surface area contributed by atoms with Crippen LogP contribution in [-0.2, 0) is 4.79 Å². The Kier molecular flexibility index (Phi) is 6.74. The van der Waals surface area contributed by atoms with Gasteiger partial charge in [0.1, 0.15) is 5.01 Å². The van der Waals surface area contributed by atoms with E-state index in [1.54, 1.807) is 23.5 Å². The molecule has 3 rings (SSSR count). The van der Waals surface area contributed by atoms with Crippen LogP contribution in [0.3, 0.4) is 0 Å². The number of aromatic nitrogens is 1. The Morgan fingerprint density at radius 1 is 1.11 bits per heavy atom. The summed E-state index contributed by atoms with van der Waals surface area (Å²) in [5.74, 6) is -0.0951. The second kappa shape index (κ2) is 9.44. The highest BCUT2D eigenvalue weighted by atomic mass is 32.1. The van der Waals surface area contributed by atoms with E-state index in [1.165, 1.54) is 5.56 Å². The molecule has 0 radical (unpaired) electrons. The highest BCUT2D eigenvalue weighted by Crippen LogP contribution is 2.22. The number of para-hydroxylation sites is 1. The molecule has 1 amide bonds. The van der Waals surface area contributed by atoms with Crippen molar-refractivity contribution in [3.05, 3.63) is 71.2 Å². The fourth-order valence-corrected chi connectivity index (χ4v) is 4.03. The van der Waals surface area contributed by atoms with Crippen molar-refractivity contribution in [2.24, 2.45) is 0 Å². The van der Waals surface area contributed by atoms with Crippen LogP contribution in [0.1, 0.15) is 30.5 Å². The molecular formula is C22H25N3OS. The Hall–Kier alpha value is -2.50. The van der Waals surface area contributed by atoms with E-state index < -0.39 is 0 Å². The van der Waals surface area contributed by atoms with E-state index in [4.69, 9.17) is 0 Å². The maximum Gasteiger partial charge on any atom is 0.244 e. The minimum absolute atomic E-state index is 0.0951. The van der Waals surface area contributed by atoms with Crippen LogP contribution in [0.25, 0.3) is 16.3 Å². The van der Waals surface area contributed by atoms with Gasteiger partial charge in [0.25, 0.3) is 0 Å². The van der Waals surface area contributed by atoms with E-state index in [9.17, 15) is 4.79 Å². The molecule has 1 heterocycles. The van der Waals surface area contributed by atoms with Crippen LogP contribution in [0.4, 0.5) is 0 Å². The summed E-state index contributed by atoms with van der Waals surface area (Å²) >= 11 is 1.59. The van der Waals surface area contributed by atoms with Crippen LogP contribution >= 0.6 is 11.3 Å². The molecule has 140 valence electrons. The lowest BCUT2D eigenvalue weighted by Crippen LogP contribution is -2.37. The van der Waals surface area contributed by atoms with Gasteiger partial charge in [0.15, 0.2) is 0 Å². The van der Waals surface area contributed by atoms with E-state index >= 15 is 0 Å². The first-order valence-corrected chi connectivity index (χ1v) is 10.1. The van der Waals surface area contributed by atoms with E-state index in [2.05, 4.69) is 41.2 Å². The van der Waals surface area contributed by atoms with Gasteiger partial charge >= 0.3 is 0 Å². The summed E-state index contributed by atoms with van der Waals surface area (Å²) in [6, 6.07) is 18.5. The highest BCUT2D eigenvalue weighted by molar-refractivity contribution is 7.19. The number of likely N-dealkylation sites (N-methyl/N-ethyl adjacent to an activating group) is 1. The summed E-state index contributed by atoms with van der Waals surface area (Å²) in [5, 5.41) is 3.89. The molecule has 0 fully saturated rings. The number of rotatable bonds is 8. The van der Waals surface area contributed by atoms with Gasteiger partial charge in [0, 0.05) is 12.6 Å². The monoisotopic (exact) mass is 379 g/mol. The zero-order chi connectivity index (χ0) is 19.1. The van der Waals surface area contributed by atoms with Crippen molar-refractivity contribution in [2.75, 3.05) is 19.6 Å². The zero-order valence-corrected chi connectivity index (χ0v) is 16.6. The first-order chi connectivity index (χ1) is 13.2. The largest absolute Gasteiger partial charge is 0.351 e. The molecular weight excluding hydrogens is 354 g/mol. The molecule has 1 N–H and O–H groups in total. The molecule has 1 unspecified atom stereocenters. The SMILES string of the molecule is CCN(CC)C(CNC(=O)C=Cc1nc2ccccc2s1)c1ccccc1. The van der Waals surface area contributed by atoms with E-state index in [0.717, 1.165) is 28.3 Å². The van der Waals surface area contributed by atoms with Gasteiger partial charge in [-0.15, -0.1) is 11.3 Å². The topological polar surface area (TPSA) is 45.2 Å². The Morgan fingerprint density at radius 2 is 1.81 bits per heavy atom. The molecule has 1 aromatic heterocycles. The van der Waals surface area contributed by atoms with Crippen molar-refractivity contribution in [1.82, 2.24) is 15.2 Å². The van der Waals surface area contributed by atoms with Crippen LogP contribution in [0.5, 0.6) is 0 Å². The van der Waals surface area contributed by atoms with Gasteiger partial charge in [-0.3, -0.25) is 9.69 Å². The van der Waals surface area contributed by atoms with Gasteiger partial charge in [-0.2, -0.15) is 0 Å². The number of fused-ring (bicyclic) bond motifs is 1. The predicted molar refractivity (Wildman–Crippen MR) is 114 cm³/mol. The summed E-state index contributed by atoms with van der Waals surface area (Å²) in [6.45, 7) is 6.75. The Morgan fingerprint density at radius 3 is 2.52 bits per heavy atom. The van der Waals surface area contributed by atoms with Gasteiger partial charge in [-0.05, 0) is 36.9 Å². The van der Waals surface area contributed by atoms with Crippen molar-refractivity contribution >= 4 is 33.5 Å². The predicted octanol–water partition coefficient (Wildman–Crippen LogP) is 4.51. The molecule has 0 saturated carbocycles. The highest BCUT2D eigenvalue weighted by Gasteiger charge is 2.18. The minimum atomic E-state index is -0.0951. The quantitative estimate of drug-likeness (QED) is 0.586. The number of nitrogens with zero attached hydrogens (tertiary/aromatic N) is 2. The van der Waals surface area contributed by atoms with Gasteiger partial charge in [0.05, 0.1) is 16.3 Å². The summed E-state index contributed by atoms with van der Waals surface area (Å²) in [5.41, 5.74) is 2.19. The Bertz CT molecular complexity index is 867. The standard InChI is InChI=1S/C22H25N3OS/c1-3-25(4-2)19(17-10-6-5-7-11-17)16-23-21(26)14-15-22-24-18-12-8-9-13-20(18)27-22/h5-15,19H,3-4,16H2,1-2H3,(H,23,26). The lowest BCUT2D eigenvalue weighted by molar-refractivity contribution is -0.116. The molecule has 4 nitrogen and oxygen atoms in total. The van der Waals surface area contributed by atoms with Crippen LogP contribution in [0.2, 0.25) is 0 Å². The van der Waals surface area contributed by atoms with Crippen molar-refractivity contribution in [2.45, 2.75) is 19.9 Å². The number of amides is 1. The summed E-state index contributed by atoms with van der Waals surface area (Å²) in [7, 11) is 0. The molecule has 0 aliphatic carbocycles. The number of hydrogen-bond donors (Lipinski definition) is 1. The second-order valence-corrected chi connectivity index (χ2v) is 7.31. The first kappa shape index (κ1) is 19.3. The van der Waals surface area contributed by atoms with Crippen LogP contribution in [0, 0.1) is 0 Å². The molecule has 0 aliphatic rings. The van der Waals surface area contributed by atoms with Gasteiger partial charge < -0.3 is 5.32 Å². The third-order valence-electron chi connectivity index (χ3n) is 4.59. The van der Waals surface area contributed by atoms with Crippen LogP contribution in [0.15, 0.2) is 60.7 Å². The lowest BCUT2D eigenvalue weighted by Gasteiger charge is -2.30. The molecule has 5 heteroatoms. The Labute approximate surface area is 164 Å². The number of thiazole rings is 1. The lowest BCUT2D eigenvalue weighted by atomic mass is 10.1. The van der Waals surface area contributed by atoms with E-state index in [1.807, 2.05) is 42.5 Å². The number of benzene rings is 2. The minimum Gasteiger partial charge on any atom is -0.351 e. The molecule has 0 saturated heterocycles. The summed E-state index contributed by atoms with van der Waals surface area (Å²) in [6.07, 6.45) is 3.36. The normalized spacial score (nSPS) is 12.7. The molecule has 27 heavy (non-hydrogen) atoms. The Balaban J connectivity index is 1.64. The molecule has 3 aromatic rings. The molecule has 2 aromatic carbocycles. The molecule has 0 aliphatic heterocycles. The van der Waals surface area contributed by atoms with Gasteiger partial charge in [-0.1, -0.05) is 56.3 Å². The smallest absolute Gasteiger partial charge is 0.244 e. The van der Waals surface area contributed by atoms with E-state index in [-0.39, 0.29) is 11.9 Å². The average Bonchev–Trinajstić information content (AvgIpc) is 3.13. The van der Waals surface area contributed by atoms with Crippen molar-refractivity contribution in [1.29, 1.82) is 0 Å². The zero-order valence-electron chi connectivity index (χ0n) is 15.8. The van der Waals surface area contributed by atoms with Crippen LogP contribution in [-0.4, -0.2) is 35.4 Å². The molecule has 0 spiro atoms. The van der Waals surface area contributed by atoms with Crippen molar-refractivity contribution < 1.29 is 4.79 Å². The average molecular weight is 380 g/mol. The van der Waals surface area contributed by atoms with Crippen LogP contribution < -0.4 is 5.32 Å². The third kappa shape index (κ3) is 5.02.